The van der Waals surface area contributed by atoms with Crippen molar-refractivity contribution in [2.24, 2.45) is 0 Å². The fourth-order valence-electron chi connectivity index (χ4n) is 2.29. The first-order valence-corrected chi connectivity index (χ1v) is 7.80. The SMILES string of the molecule is CCCc1c(C/C=C(\C)C/C=C/C(C)O)[nH]c(=O)c(C)c1O. The number of nitrogens with one attached hydrogen (secondary N) is 1. The van der Waals surface area contributed by atoms with Gasteiger partial charge >= 0.3 is 0 Å². The number of aliphatic hydroxyl groups is 1. The van der Waals surface area contributed by atoms with E-state index in [2.05, 4.69) is 4.98 Å². The minimum atomic E-state index is -0.436. The zero-order valence-corrected chi connectivity index (χ0v) is 13.9. The van der Waals surface area contributed by atoms with Gasteiger partial charge in [-0.3, -0.25) is 4.79 Å². The third kappa shape index (κ3) is 5.19. The van der Waals surface area contributed by atoms with Gasteiger partial charge in [-0.1, -0.05) is 37.1 Å². The molecule has 0 aliphatic heterocycles. The molecule has 1 unspecified atom stereocenters. The number of aromatic nitrogens is 1. The van der Waals surface area contributed by atoms with Crippen LogP contribution in [0, 0.1) is 6.92 Å². The van der Waals surface area contributed by atoms with E-state index in [1.165, 1.54) is 0 Å². The third-order valence-corrected chi connectivity index (χ3v) is 3.62. The molecule has 22 heavy (non-hydrogen) atoms. The predicted octanol–water partition coefficient (Wildman–Crippen LogP) is 3.16. The summed E-state index contributed by atoms with van der Waals surface area (Å²) >= 11 is 0. The molecular weight excluding hydrogens is 278 g/mol. The highest BCUT2D eigenvalue weighted by atomic mass is 16.3. The maximum absolute atomic E-state index is 11.8. The zero-order chi connectivity index (χ0) is 16.7. The lowest BCUT2D eigenvalue weighted by atomic mass is 10.0. The molecule has 0 aromatic carbocycles. The monoisotopic (exact) mass is 305 g/mol. The molecule has 0 aliphatic rings. The van der Waals surface area contributed by atoms with Crippen molar-refractivity contribution in [3.8, 4) is 5.75 Å². The first kappa shape index (κ1) is 18.2. The molecule has 1 atom stereocenters. The van der Waals surface area contributed by atoms with Gasteiger partial charge in [0.1, 0.15) is 5.75 Å². The van der Waals surface area contributed by atoms with Gasteiger partial charge in [-0.05, 0) is 33.6 Å². The van der Waals surface area contributed by atoms with E-state index in [9.17, 15) is 15.0 Å². The Kier molecular flexibility index (Phi) is 7.12. The molecule has 0 bridgehead atoms. The summed E-state index contributed by atoms with van der Waals surface area (Å²) in [5, 5.41) is 19.4. The number of pyridine rings is 1. The predicted molar refractivity (Wildman–Crippen MR) is 90.4 cm³/mol. The van der Waals surface area contributed by atoms with Crippen LogP contribution in [0.3, 0.4) is 0 Å². The number of aromatic hydroxyl groups is 1. The number of rotatable bonds is 7. The molecule has 122 valence electrons. The van der Waals surface area contributed by atoms with Crippen molar-refractivity contribution in [2.45, 2.75) is 59.5 Å². The lowest BCUT2D eigenvalue weighted by molar-refractivity contribution is 0.244. The van der Waals surface area contributed by atoms with Crippen LogP contribution < -0.4 is 5.56 Å². The van der Waals surface area contributed by atoms with Crippen LogP contribution in [-0.4, -0.2) is 21.3 Å². The molecule has 0 saturated carbocycles. The molecule has 0 saturated heterocycles. The van der Waals surface area contributed by atoms with Crippen LogP contribution in [0.5, 0.6) is 5.75 Å². The van der Waals surface area contributed by atoms with Crippen LogP contribution in [0.4, 0.5) is 0 Å². The second-order valence-electron chi connectivity index (χ2n) is 5.76. The Balaban J connectivity index is 2.95. The van der Waals surface area contributed by atoms with E-state index in [4.69, 9.17) is 0 Å². The normalized spacial score (nSPS) is 13.8. The number of aliphatic hydroxyl groups excluding tert-OH is 1. The van der Waals surface area contributed by atoms with Crippen LogP contribution in [-0.2, 0) is 12.8 Å². The van der Waals surface area contributed by atoms with Gasteiger partial charge in [0.05, 0.1) is 11.7 Å². The maximum atomic E-state index is 11.8. The lowest BCUT2D eigenvalue weighted by Crippen LogP contribution is -2.15. The fraction of sp³-hybridized carbons (Fsp3) is 0.500. The van der Waals surface area contributed by atoms with Gasteiger partial charge in [0, 0.05) is 17.7 Å². The maximum Gasteiger partial charge on any atom is 0.254 e. The summed E-state index contributed by atoms with van der Waals surface area (Å²) in [6, 6.07) is 0. The molecule has 3 N–H and O–H groups in total. The summed E-state index contributed by atoms with van der Waals surface area (Å²) < 4.78 is 0. The highest BCUT2D eigenvalue weighted by Gasteiger charge is 2.12. The molecule has 4 nitrogen and oxygen atoms in total. The van der Waals surface area contributed by atoms with E-state index in [1.54, 1.807) is 19.9 Å². The largest absolute Gasteiger partial charge is 0.507 e. The number of aromatic amines is 1. The molecule has 0 amide bonds. The van der Waals surface area contributed by atoms with E-state index >= 15 is 0 Å². The van der Waals surface area contributed by atoms with Gasteiger partial charge in [0.15, 0.2) is 0 Å². The first-order chi connectivity index (χ1) is 10.4. The van der Waals surface area contributed by atoms with Gasteiger partial charge in [0.25, 0.3) is 5.56 Å². The Morgan fingerprint density at radius 2 is 2.09 bits per heavy atom. The standard InChI is InChI=1S/C18H27NO3/c1-5-7-15-16(19-18(22)14(4)17(15)21)11-10-12(2)8-6-9-13(3)20/h6,9-10,13,20H,5,7-8,11H2,1-4H3,(H2,19,21,22)/b9-6+,12-10+. The molecule has 0 fully saturated rings. The van der Waals surface area contributed by atoms with Crippen molar-refractivity contribution in [3.63, 3.8) is 0 Å². The van der Waals surface area contributed by atoms with Crippen molar-refractivity contribution in [1.82, 2.24) is 4.98 Å². The zero-order valence-electron chi connectivity index (χ0n) is 13.9. The molecular formula is C18H27NO3. The molecule has 1 aromatic rings. The smallest absolute Gasteiger partial charge is 0.254 e. The number of H-pyrrole nitrogens is 1. The lowest BCUT2D eigenvalue weighted by Gasteiger charge is -2.11. The molecule has 4 heteroatoms. The van der Waals surface area contributed by atoms with Crippen molar-refractivity contribution in [3.05, 3.63) is 51.0 Å². The Hall–Kier alpha value is -1.81. The second kappa shape index (κ2) is 8.59. The quantitative estimate of drug-likeness (QED) is 0.677. The minimum Gasteiger partial charge on any atom is -0.507 e. The highest BCUT2D eigenvalue weighted by Crippen LogP contribution is 2.23. The summed E-state index contributed by atoms with van der Waals surface area (Å²) in [5.41, 5.74) is 2.93. The fourth-order valence-corrected chi connectivity index (χ4v) is 2.29. The van der Waals surface area contributed by atoms with Gasteiger partial charge in [-0.15, -0.1) is 0 Å². The van der Waals surface area contributed by atoms with Gasteiger partial charge < -0.3 is 15.2 Å². The third-order valence-electron chi connectivity index (χ3n) is 3.62. The van der Waals surface area contributed by atoms with Crippen molar-refractivity contribution < 1.29 is 10.2 Å². The van der Waals surface area contributed by atoms with E-state index in [0.29, 0.717) is 12.0 Å². The molecule has 0 radical (unpaired) electrons. The minimum absolute atomic E-state index is 0.126. The number of hydrogen-bond acceptors (Lipinski definition) is 3. The Bertz CT molecular complexity index is 609. The van der Waals surface area contributed by atoms with Gasteiger partial charge in [0.2, 0.25) is 0 Å². The molecule has 1 heterocycles. The van der Waals surface area contributed by atoms with Crippen molar-refractivity contribution in [1.29, 1.82) is 0 Å². The average Bonchev–Trinajstić information content (AvgIpc) is 2.46. The first-order valence-electron chi connectivity index (χ1n) is 7.80. The van der Waals surface area contributed by atoms with Gasteiger partial charge in [-0.25, -0.2) is 0 Å². The van der Waals surface area contributed by atoms with E-state index in [-0.39, 0.29) is 11.3 Å². The second-order valence-corrected chi connectivity index (χ2v) is 5.76. The van der Waals surface area contributed by atoms with Crippen LogP contribution in [0.1, 0.15) is 50.4 Å². The van der Waals surface area contributed by atoms with E-state index in [1.807, 2.05) is 26.0 Å². The number of allylic oxidation sites excluding steroid dienone is 3. The molecule has 1 aromatic heterocycles. The number of hydrogen-bond donors (Lipinski definition) is 3. The van der Waals surface area contributed by atoms with E-state index in [0.717, 1.165) is 36.1 Å². The molecule has 0 aliphatic carbocycles. The molecule has 1 rings (SSSR count). The topological polar surface area (TPSA) is 73.3 Å². The van der Waals surface area contributed by atoms with Crippen LogP contribution in [0.25, 0.3) is 0 Å². The summed E-state index contributed by atoms with van der Waals surface area (Å²) in [6.45, 7) is 7.41. The van der Waals surface area contributed by atoms with Crippen LogP contribution >= 0.6 is 0 Å². The van der Waals surface area contributed by atoms with Crippen molar-refractivity contribution >= 4 is 0 Å². The van der Waals surface area contributed by atoms with Crippen LogP contribution in [0.15, 0.2) is 28.6 Å². The summed E-state index contributed by atoms with van der Waals surface area (Å²) in [7, 11) is 0. The Morgan fingerprint density at radius 1 is 1.41 bits per heavy atom. The van der Waals surface area contributed by atoms with Gasteiger partial charge in [-0.2, -0.15) is 0 Å². The van der Waals surface area contributed by atoms with Crippen LogP contribution in [0.2, 0.25) is 0 Å². The Labute approximate surface area is 132 Å². The van der Waals surface area contributed by atoms with Crippen molar-refractivity contribution in [2.75, 3.05) is 0 Å². The highest BCUT2D eigenvalue weighted by molar-refractivity contribution is 5.41. The summed E-state index contributed by atoms with van der Waals surface area (Å²) in [5.74, 6) is 0.126. The summed E-state index contributed by atoms with van der Waals surface area (Å²) in [6.07, 6.45) is 8.29. The molecule has 0 spiro atoms. The summed E-state index contributed by atoms with van der Waals surface area (Å²) in [4.78, 5) is 14.7. The average molecular weight is 305 g/mol. The van der Waals surface area contributed by atoms with E-state index < -0.39 is 6.10 Å². The Morgan fingerprint density at radius 3 is 2.68 bits per heavy atom.